The number of methoxy groups -OCH3 is 1. The van der Waals surface area contributed by atoms with Crippen LogP contribution in [0.2, 0.25) is 0 Å². The quantitative estimate of drug-likeness (QED) is 0.668. The van der Waals surface area contributed by atoms with Gasteiger partial charge in [-0.2, -0.15) is 0 Å². The number of rotatable bonds is 3. The molecule has 0 unspecified atom stereocenters. The first-order valence-corrected chi connectivity index (χ1v) is 7.74. The van der Waals surface area contributed by atoms with Gasteiger partial charge in [-0.15, -0.1) is 0 Å². The Morgan fingerprint density at radius 1 is 1.17 bits per heavy atom. The zero-order valence-electron chi connectivity index (χ0n) is 14.5. The van der Waals surface area contributed by atoms with Crippen molar-refractivity contribution in [1.29, 1.82) is 0 Å². The van der Waals surface area contributed by atoms with E-state index in [2.05, 4.69) is 73.1 Å². The number of para-hydroxylation sites is 2. The Kier molecular flexibility index (Phi) is 3.72. The number of aromatic nitrogens is 2. The first-order chi connectivity index (χ1) is 11.0. The van der Waals surface area contributed by atoms with Gasteiger partial charge in [0.25, 0.3) is 5.82 Å². The van der Waals surface area contributed by atoms with E-state index in [0.29, 0.717) is 0 Å². The Morgan fingerprint density at radius 3 is 2.48 bits per heavy atom. The van der Waals surface area contributed by atoms with Crippen LogP contribution in [0.1, 0.15) is 18.1 Å². The summed E-state index contributed by atoms with van der Waals surface area (Å²) in [4.78, 5) is 0. The van der Waals surface area contributed by atoms with E-state index >= 15 is 0 Å². The van der Waals surface area contributed by atoms with Crippen LogP contribution < -0.4 is 9.30 Å². The number of allylic oxidation sites excluding steroid dienone is 1. The van der Waals surface area contributed by atoms with Gasteiger partial charge >= 0.3 is 0 Å². The zero-order chi connectivity index (χ0) is 16.7. The maximum atomic E-state index is 5.79. The normalized spacial score (nSPS) is 11.0. The van der Waals surface area contributed by atoms with E-state index in [4.69, 9.17) is 4.74 Å². The van der Waals surface area contributed by atoms with Crippen LogP contribution in [0.25, 0.3) is 28.0 Å². The molecule has 0 atom stereocenters. The third-order valence-electron chi connectivity index (χ3n) is 4.49. The molecular weight excluding hydrogens is 284 g/mol. The van der Waals surface area contributed by atoms with Crippen LogP contribution in [0.5, 0.6) is 5.75 Å². The summed E-state index contributed by atoms with van der Waals surface area (Å²) >= 11 is 0. The average molecular weight is 307 g/mol. The van der Waals surface area contributed by atoms with Crippen molar-refractivity contribution in [3.8, 4) is 17.1 Å². The van der Waals surface area contributed by atoms with Crippen LogP contribution in [-0.2, 0) is 14.1 Å². The second-order valence-corrected chi connectivity index (χ2v) is 6.05. The number of fused-ring (bicyclic) bond motifs is 1. The maximum Gasteiger partial charge on any atom is 0.293 e. The van der Waals surface area contributed by atoms with Gasteiger partial charge in [0.05, 0.1) is 21.2 Å². The highest BCUT2D eigenvalue weighted by Crippen LogP contribution is 2.38. The molecule has 23 heavy (non-hydrogen) atoms. The molecule has 1 heterocycles. The molecule has 3 rings (SSSR count). The fourth-order valence-corrected chi connectivity index (χ4v) is 3.33. The summed E-state index contributed by atoms with van der Waals surface area (Å²) in [6.45, 7) is 8.23. The number of hydrogen-bond donors (Lipinski definition) is 0. The number of ether oxygens (including phenoxy) is 1. The van der Waals surface area contributed by atoms with Crippen molar-refractivity contribution in [2.24, 2.45) is 14.1 Å². The van der Waals surface area contributed by atoms with Gasteiger partial charge < -0.3 is 4.74 Å². The van der Waals surface area contributed by atoms with Gasteiger partial charge in [-0.05, 0) is 37.1 Å². The number of nitrogens with zero attached hydrogens (tertiary/aromatic N) is 2. The molecule has 0 bridgehead atoms. The van der Waals surface area contributed by atoms with E-state index < -0.39 is 0 Å². The van der Waals surface area contributed by atoms with Crippen molar-refractivity contribution in [1.82, 2.24) is 4.57 Å². The molecule has 118 valence electrons. The molecular formula is C20H23N2O+. The van der Waals surface area contributed by atoms with Crippen molar-refractivity contribution < 1.29 is 9.30 Å². The molecule has 3 heteroatoms. The summed E-state index contributed by atoms with van der Waals surface area (Å²) in [6, 6.07) is 12.6. The van der Waals surface area contributed by atoms with Gasteiger partial charge in [0.2, 0.25) is 0 Å². The summed E-state index contributed by atoms with van der Waals surface area (Å²) in [5, 5.41) is 0. The smallest absolute Gasteiger partial charge is 0.293 e. The molecule has 3 nitrogen and oxygen atoms in total. The van der Waals surface area contributed by atoms with E-state index in [1.54, 1.807) is 7.11 Å². The van der Waals surface area contributed by atoms with Crippen LogP contribution in [0.4, 0.5) is 0 Å². The predicted octanol–water partition coefficient (Wildman–Crippen LogP) is 4.02. The Balaban J connectivity index is 2.44. The second-order valence-electron chi connectivity index (χ2n) is 6.05. The van der Waals surface area contributed by atoms with Gasteiger partial charge in [0, 0.05) is 5.56 Å². The highest BCUT2D eigenvalue weighted by molar-refractivity contribution is 5.82. The van der Waals surface area contributed by atoms with E-state index in [1.165, 1.54) is 16.6 Å². The van der Waals surface area contributed by atoms with Crippen LogP contribution in [0, 0.1) is 6.92 Å². The summed E-state index contributed by atoms with van der Waals surface area (Å²) in [5.74, 6) is 2.02. The predicted molar refractivity (Wildman–Crippen MR) is 95.5 cm³/mol. The molecule has 0 saturated carbocycles. The van der Waals surface area contributed by atoms with Crippen LogP contribution in [-0.4, -0.2) is 11.7 Å². The molecule has 0 aliphatic carbocycles. The molecule has 0 N–H and O–H groups in total. The minimum atomic E-state index is 0.888. The third-order valence-corrected chi connectivity index (χ3v) is 4.49. The van der Waals surface area contributed by atoms with E-state index in [9.17, 15) is 0 Å². The fourth-order valence-electron chi connectivity index (χ4n) is 3.33. The van der Waals surface area contributed by atoms with Crippen molar-refractivity contribution in [2.75, 3.05) is 7.11 Å². The van der Waals surface area contributed by atoms with Crippen LogP contribution >= 0.6 is 0 Å². The van der Waals surface area contributed by atoms with Gasteiger partial charge in [-0.25, -0.2) is 9.13 Å². The molecule has 0 amide bonds. The topological polar surface area (TPSA) is 18.0 Å². The van der Waals surface area contributed by atoms with Crippen molar-refractivity contribution >= 4 is 16.6 Å². The third kappa shape index (κ3) is 2.24. The van der Waals surface area contributed by atoms with Gasteiger partial charge in [-0.1, -0.05) is 30.8 Å². The monoisotopic (exact) mass is 307 g/mol. The molecule has 3 aromatic rings. The molecule has 0 saturated heterocycles. The van der Waals surface area contributed by atoms with Gasteiger partial charge in [0.15, 0.2) is 11.0 Å². The Hall–Kier alpha value is -2.55. The van der Waals surface area contributed by atoms with Crippen molar-refractivity contribution in [3.63, 3.8) is 0 Å². The Labute approximate surface area is 137 Å². The first-order valence-electron chi connectivity index (χ1n) is 7.74. The summed E-state index contributed by atoms with van der Waals surface area (Å²) in [6.07, 6.45) is 0. The largest absolute Gasteiger partial charge is 0.495 e. The summed E-state index contributed by atoms with van der Waals surface area (Å²) < 4.78 is 10.2. The van der Waals surface area contributed by atoms with E-state index in [-0.39, 0.29) is 0 Å². The average Bonchev–Trinajstić information content (AvgIpc) is 2.79. The Morgan fingerprint density at radius 2 is 1.87 bits per heavy atom. The second kappa shape index (κ2) is 5.58. The molecule has 2 aromatic carbocycles. The van der Waals surface area contributed by atoms with Crippen LogP contribution in [0.15, 0.2) is 43.0 Å². The number of hydrogen-bond acceptors (Lipinski definition) is 1. The number of benzene rings is 2. The van der Waals surface area contributed by atoms with Crippen molar-refractivity contribution in [3.05, 3.63) is 54.1 Å². The first kappa shape index (κ1) is 15.3. The highest BCUT2D eigenvalue weighted by Gasteiger charge is 2.27. The molecule has 0 radical (unpaired) electrons. The minimum absolute atomic E-state index is 0.888. The SMILES string of the molecule is C=C(C)c1ccc(C)c(-c2n(C)c3ccccc3[n+]2C)c1OC. The summed E-state index contributed by atoms with van der Waals surface area (Å²) in [5.41, 5.74) is 6.77. The highest BCUT2D eigenvalue weighted by atomic mass is 16.5. The lowest BCUT2D eigenvalue weighted by Crippen LogP contribution is -2.30. The van der Waals surface area contributed by atoms with E-state index in [1.807, 2.05) is 6.92 Å². The molecule has 0 spiro atoms. The zero-order valence-corrected chi connectivity index (χ0v) is 14.5. The lowest BCUT2D eigenvalue weighted by molar-refractivity contribution is -0.634. The number of imidazole rings is 1. The molecule has 0 fully saturated rings. The maximum absolute atomic E-state index is 5.79. The van der Waals surface area contributed by atoms with Crippen LogP contribution in [0.3, 0.4) is 0 Å². The lowest BCUT2D eigenvalue weighted by atomic mass is 9.98. The van der Waals surface area contributed by atoms with Crippen molar-refractivity contribution in [2.45, 2.75) is 13.8 Å². The Bertz CT molecular complexity index is 880. The van der Waals surface area contributed by atoms with E-state index in [0.717, 1.165) is 28.3 Å². The fraction of sp³-hybridized carbons (Fsp3) is 0.250. The molecule has 1 aromatic heterocycles. The van der Waals surface area contributed by atoms with Gasteiger partial charge in [0.1, 0.15) is 11.3 Å². The minimum Gasteiger partial charge on any atom is -0.495 e. The summed E-state index contributed by atoms with van der Waals surface area (Å²) in [7, 11) is 5.93. The molecule has 0 aliphatic heterocycles. The molecule has 0 aliphatic rings. The van der Waals surface area contributed by atoms with Gasteiger partial charge in [-0.3, -0.25) is 0 Å². The lowest BCUT2D eigenvalue weighted by Gasteiger charge is -2.14. The number of aryl methyl sites for hydroxylation is 3. The standard InChI is InChI=1S/C20H23N2O/c1-13(2)15-12-11-14(3)18(19(15)23-6)20-21(4)16-9-7-8-10-17(16)22(20)5/h7-12H,1H2,2-6H3/q+1.